The van der Waals surface area contributed by atoms with E-state index in [4.69, 9.17) is 16.3 Å². The molecule has 0 aromatic heterocycles. The van der Waals surface area contributed by atoms with Crippen molar-refractivity contribution in [2.45, 2.75) is 44.6 Å². The van der Waals surface area contributed by atoms with Crippen LogP contribution in [0, 0.1) is 20.8 Å². The lowest BCUT2D eigenvalue weighted by Gasteiger charge is -2.31. The predicted molar refractivity (Wildman–Crippen MR) is 118 cm³/mol. The molecule has 0 atom stereocenters. The van der Waals surface area contributed by atoms with E-state index in [9.17, 15) is 13.2 Å². The van der Waals surface area contributed by atoms with Crippen LogP contribution < -0.4 is 10.1 Å². The molecule has 8 heteroatoms. The molecule has 0 unspecified atom stereocenters. The van der Waals surface area contributed by atoms with Crippen LogP contribution in [0.1, 0.15) is 29.5 Å². The van der Waals surface area contributed by atoms with Crippen molar-refractivity contribution in [2.24, 2.45) is 0 Å². The minimum absolute atomic E-state index is 0.0611. The quantitative estimate of drug-likeness (QED) is 0.729. The number of aryl methyl sites for hydroxylation is 2. The molecule has 1 aliphatic rings. The van der Waals surface area contributed by atoms with Crippen LogP contribution in [0.3, 0.4) is 0 Å². The molecule has 0 bridgehead atoms. The third kappa shape index (κ3) is 5.14. The molecular weight excluding hydrogens is 424 g/mol. The van der Waals surface area contributed by atoms with Crippen LogP contribution in [0.5, 0.6) is 5.75 Å². The number of hydrogen-bond acceptors (Lipinski definition) is 4. The number of sulfonamides is 1. The van der Waals surface area contributed by atoms with Gasteiger partial charge in [0.2, 0.25) is 10.0 Å². The van der Waals surface area contributed by atoms with Crippen molar-refractivity contribution in [1.82, 2.24) is 9.62 Å². The summed E-state index contributed by atoms with van der Waals surface area (Å²) in [7, 11) is -3.55. The van der Waals surface area contributed by atoms with E-state index in [1.165, 1.54) is 16.4 Å². The summed E-state index contributed by atoms with van der Waals surface area (Å²) in [6.45, 7) is 6.59. The van der Waals surface area contributed by atoms with Crippen LogP contribution in [0.4, 0.5) is 0 Å². The Morgan fingerprint density at radius 1 is 1.07 bits per heavy atom. The second-order valence-electron chi connectivity index (χ2n) is 7.64. The maximum Gasteiger partial charge on any atom is 0.258 e. The zero-order valence-corrected chi connectivity index (χ0v) is 19.0. The Morgan fingerprint density at radius 2 is 1.67 bits per heavy atom. The van der Waals surface area contributed by atoms with Crippen molar-refractivity contribution in [2.75, 3.05) is 19.7 Å². The molecule has 1 fully saturated rings. The maximum absolute atomic E-state index is 12.8. The monoisotopic (exact) mass is 450 g/mol. The summed E-state index contributed by atoms with van der Waals surface area (Å²) in [5.74, 6) is 0.545. The number of halogens is 1. The van der Waals surface area contributed by atoms with Gasteiger partial charge in [-0.2, -0.15) is 4.31 Å². The summed E-state index contributed by atoms with van der Waals surface area (Å²) >= 11 is 5.85. The fraction of sp³-hybridized carbons (Fsp3) is 0.409. The number of nitrogens with zero attached hydrogens (tertiary/aromatic N) is 1. The minimum Gasteiger partial charge on any atom is -0.483 e. The second kappa shape index (κ2) is 9.37. The molecule has 1 saturated heterocycles. The van der Waals surface area contributed by atoms with Gasteiger partial charge in [-0.3, -0.25) is 4.79 Å². The SMILES string of the molecule is Cc1ccc(C)c(OCC(=O)NC2CCN(S(=O)(=O)c3ccc(Cl)cc3)CC2)c1C. The van der Waals surface area contributed by atoms with Gasteiger partial charge in [0.1, 0.15) is 5.75 Å². The van der Waals surface area contributed by atoms with Crippen molar-refractivity contribution in [3.05, 3.63) is 58.1 Å². The summed E-state index contributed by atoms with van der Waals surface area (Å²) in [4.78, 5) is 12.6. The van der Waals surface area contributed by atoms with Gasteiger partial charge in [-0.05, 0) is 74.6 Å². The Kier molecular flexibility index (Phi) is 7.06. The minimum atomic E-state index is -3.55. The Hall–Kier alpha value is -2.09. The standard InChI is InChI=1S/C22H27ClN2O4S/c1-15-4-5-16(2)22(17(15)3)29-14-21(26)24-19-10-12-25(13-11-19)30(27,28)20-8-6-18(23)7-9-20/h4-9,19H,10-14H2,1-3H3,(H,24,26). The number of piperidine rings is 1. The topological polar surface area (TPSA) is 75.7 Å². The molecule has 2 aromatic carbocycles. The Bertz CT molecular complexity index is 1010. The average molecular weight is 451 g/mol. The molecule has 162 valence electrons. The highest BCUT2D eigenvalue weighted by Gasteiger charge is 2.30. The van der Waals surface area contributed by atoms with E-state index in [0.29, 0.717) is 31.0 Å². The number of carbonyl (C=O) groups excluding carboxylic acids is 1. The van der Waals surface area contributed by atoms with Crippen LogP contribution in [0.2, 0.25) is 5.02 Å². The molecule has 2 aromatic rings. The van der Waals surface area contributed by atoms with E-state index in [1.807, 2.05) is 32.9 Å². The molecule has 1 aliphatic heterocycles. The van der Waals surface area contributed by atoms with Crippen LogP contribution in [-0.4, -0.2) is 44.4 Å². The lowest BCUT2D eigenvalue weighted by Crippen LogP contribution is -2.47. The highest BCUT2D eigenvalue weighted by atomic mass is 35.5. The first-order valence-corrected chi connectivity index (χ1v) is 11.7. The smallest absolute Gasteiger partial charge is 0.258 e. The second-order valence-corrected chi connectivity index (χ2v) is 10.0. The predicted octanol–water partition coefficient (Wildman–Crippen LogP) is 3.61. The molecule has 30 heavy (non-hydrogen) atoms. The molecule has 1 N–H and O–H groups in total. The van der Waals surface area contributed by atoms with Crippen molar-refractivity contribution >= 4 is 27.5 Å². The fourth-order valence-electron chi connectivity index (χ4n) is 3.55. The van der Waals surface area contributed by atoms with Gasteiger partial charge in [0.05, 0.1) is 4.90 Å². The van der Waals surface area contributed by atoms with Gasteiger partial charge in [-0.15, -0.1) is 0 Å². The van der Waals surface area contributed by atoms with Crippen molar-refractivity contribution in [3.8, 4) is 5.75 Å². The fourth-order valence-corrected chi connectivity index (χ4v) is 5.15. The molecule has 0 radical (unpaired) electrons. The van der Waals surface area contributed by atoms with E-state index in [-0.39, 0.29) is 23.5 Å². The van der Waals surface area contributed by atoms with E-state index in [2.05, 4.69) is 5.32 Å². The Balaban J connectivity index is 1.52. The van der Waals surface area contributed by atoms with Gasteiger partial charge in [0.25, 0.3) is 5.91 Å². The van der Waals surface area contributed by atoms with Crippen LogP contribution in [-0.2, 0) is 14.8 Å². The van der Waals surface area contributed by atoms with Crippen molar-refractivity contribution in [1.29, 1.82) is 0 Å². The number of amides is 1. The zero-order chi connectivity index (χ0) is 21.9. The number of benzene rings is 2. The molecule has 1 heterocycles. The summed E-state index contributed by atoms with van der Waals surface area (Å²) in [6, 6.07) is 10.1. The molecule has 0 aliphatic carbocycles. The van der Waals surface area contributed by atoms with E-state index >= 15 is 0 Å². The molecule has 3 rings (SSSR count). The lowest BCUT2D eigenvalue weighted by molar-refractivity contribution is -0.124. The third-order valence-electron chi connectivity index (χ3n) is 5.49. The van der Waals surface area contributed by atoms with Crippen LogP contribution in [0.25, 0.3) is 0 Å². The van der Waals surface area contributed by atoms with E-state index in [0.717, 1.165) is 22.4 Å². The van der Waals surface area contributed by atoms with Crippen LogP contribution >= 0.6 is 11.6 Å². The highest BCUT2D eigenvalue weighted by molar-refractivity contribution is 7.89. The van der Waals surface area contributed by atoms with Gasteiger partial charge < -0.3 is 10.1 Å². The van der Waals surface area contributed by atoms with Gasteiger partial charge >= 0.3 is 0 Å². The number of hydrogen-bond donors (Lipinski definition) is 1. The van der Waals surface area contributed by atoms with Crippen molar-refractivity contribution < 1.29 is 17.9 Å². The number of ether oxygens (including phenoxy) is 1. The lowest BCUT2D eigenvalue weighted by atomic mass is 10.1. The van der Waals surface area contributed by atoms with Gasteiger partial charge in [0, 0.05) is 24.2 Å². The largest absolute Gasteiger partial charge is 0.483 e. The normalized spacial score (nSPS) is 15.7. The number of nitrogens with one attached hydrogen (secondary N) is 1. The van der Waals surface area contributed by atoms with E-state index in [1.54, 1.807) is 12.1 Å². The molecule has 6 nitrogen and oxygen atoms in total. The zero-order valence-electron chi connectivity index (χ0n) is 17.4. The van der Waals surface area contributed by atoms with Gasteiger partial charge in [-0.25, -0.2) is 8.42 Å². The van der Waals surface area contributed by atoms with Gasteiger partial charge in [-0.1, -0.05) is 23.7 Å². The molecule has 0 spiro atoms. The van der Waals surface area contributed by atoms with E-state index < -0.39 is 10.0 Å². The first-order chi connectivity index (χ1) is 14.2. The van der Waals surface area contributed by atoms with Crippen molar-refractivity contribution in [3.63, 3.8) is 0 Å². The highest BCUT2D eigenvalue weighted by Crippen LogP contribution is 2.26. The first kappa shape index (κ1) is 22.6. The summed E-state index contributed by atoms with van der Waals surface area (Å²) < 4.78 is 32.7. The number of carbonyl (C=O) groups is 1. The third-order valence-corrected chi connectivity index (χ3v) is 7.66. The Morgan fingerprint density at radius 3 is 2.30 bits per heavy atom. The molecule has 0 saturated carbocycles. The molecular formula is C22H27ClN2O4S. The first-order valence-electron chi connectivity index (χ1n) is 9.93. The summed E-state index contributed by atoms with van der Waals surface area (Å²) in [5.41, 5.74) is 3.14. The maximum atomic E-state index is 12.8. The number of rotatable bonds is 6. The average Bonchev–Trinajstić information content (AvgIpc) is 2.71. The van der Waals surface area contributed by atoms with Gasteiger partial charge in [0.15, 0.2) is 6.61 Å². The molecule has 1 amide bonds. The summed E-state index contributed by atoms with van der Waals surface area (Å²) in [6.07, 6.45) is 1.11. The van der Waals surface area contributed by atoms with Crippen LogP contribution in [0.15, 0.2) is 41.3 Å². The Labute approximate surface area is 183 Å². The summed E-state index contributed by atoms with van der Waals surface area (Å²) in [5, 5.41) is 3.45.